The first kappa shape index (κ1) is 16.3. The van der Waals surface area contributed by atoms with Crippen molar-refractivity contribution in [3.63, 3.8) is 0 Å². The number of anilines is 1. The molecule has 114 valence electrons. The number of urea groups is 1. The number of halogens is 2. The van der Waals surface area contributed by atoms with Gasteiger partial charge in [-0.3, -0.25) is 4.79 Å². The molecule has 1 aromatic rings. The lowest BCUT2D eigenvalue weighted by Gasteiger charge is -2.17. The highest BCUT2D eigenvalue weighted by Gasteiger charge is 2.32. The highest BCUT2D eigenvalue weighted by Crippen LogP contribution is 2.31. The van der Waals surface area contributed by atoms with Crippen molar-refractivity contribution in [1.82, 2.24) is 5.32 Å². The Morgan fingerprint density at radius 2 is 2.05 bits per heavy atom. The molecule has 0 radical (unpaired) electrons. The fourth-order valence-corrected chi connectivity index (χ4v) is 3.30. The molecule has 1 aliphatic carbocycles. The molecule has 0 saturated heterocycles. The van der Waals surface area contributed by atoms with Gasteiger partial charge in [0.1, 0.15) is 0 Å². The molecule has 2 amide bonds. The van der Waals surface area contributed by atoms with E-state index in [9.17, 15) is 9.59 Å². The number of hydrogen-bond donors (Lipinski definition) is 3. The van der Waals surface area contributed by atoms with Gasteiger partial charge in [0.05, 0.1) is 11.6 Å². The van der Waals surface area contributed by atoms with E-state index in [0.717, 1.165) is 21.8 Å². The molecule has 1 fully saturated rings. The predicted molar refractivity (Wildman–Crippen MR) is 87.3 cm³/mol. The zero-order valence-corrected chi connectivity index (χ0v) is 14.4. The van der Waals surface area contributed by atoms with Gasteiger partial charge in [-0.2, -0.15) is 0 Å². The lowest BCUT2D eigenvalue weighted by molar-refractivity contribution is -0.142. The van der Waals surface area contributed by atoms with Crippen LogP contribution >= 0.6 is 31.9 Å². The second kappa shape index (κ2) is 7.26. The maximum Gasteiger partial charge on any atom is 0.319 e. The summed E-state index contributed by atoms with van der Waals surface area (Å²) in [6.45, 7) is 0.383. The molecule has 1 aliphatic rings. The molecule has 21 heavy (non-hydrogen) atoms. The lowest BCUT2D eigenvalue weighted by Crippen LogP contribution is -2.35. The largest absolute Gasteiger partial charge is 0.481 e. The van der Waals surface area contributed by atoms with E-state index in [2.05, 4.69) is 42.5 Å². The van der Waals surface area contributed by atoms with Gasteiger partial charge in [0.15, 0.2) is 0 Å². The van der Waals surface area contributed by atoms with Crippen molar-refractivity contribution < 1.29 is 14.7 Å². The van der Waals surface area contributed by atoms with Crippen molar-refractivity contribution in [2.45, 2.75) is 19.3 Å². The minimum Gasteiger partial charge on any atom is -0.481 e. The Kier molecular flexibility index (Phi) is 5.64. The molecule has 0 spiro atoms. The van der Waals surface area contributed by atoms with Crippen LogP contribution in [-0.2, 0) is 4.79 Å². The van der Waals surface area contributed by atoms with Gasteiger partial charge in [0.25, 0.3) is 0 Å². The maximum atomic E-state index is 11.9. The van der Waals surface area contributed by atoms with Crippen LogP contribution in [0, 0.1) is 11.8 Å². The molecule has 7 heteroatoms. The van der Waals surface area contributed by atoms with Crippen LogP contribution in [0.25, 0.3) is 0 Å². The van der Waals surface area contributed by atoms with E-state index < -0.39 is 5.97 Å². The molecule has 0 aliphatic heterocycles. The van der Waals surface area contributed by atoms with Crippen LogP contribution in [0.15, 0.2) is 27.1 Å². The number of carboxylic acid groups (broad SMARTS) is 1. The van der Waals surface area contributed by atoms with Crippen LogP contribution in [0.3, 0.4) is 0 Å². The number of amides is 2. The summed E-state index contributed by atoms with van der Waals surface area (Å²) < 4.78 is 1.65. The molecule has 0 aromatic heterocycles. The first-order valence-electron chi connectivity index (χ1n) is 6.70. The van der Waals surface area contributed by atoms with Crippen LogP contribution in [0.5, 0.6) is 0 Å². The minimum absolute atomic E-state index is 0.0131. The molecule has 3 N–H and O–H groups in total. The highest BCUT2D eigenvalue weighted by molar-refractivity contribution is 9.11. The number of hydrogen-bond acceptors (Lipinski definition) is 2. The number of aliphatic carboxylic acids is 1. The first-order valence-corrected chi connectivity index (χ1v) is 8.28. The summed E-state index contributed by atoms with van der Waals surface area (Å²) in [6, 6.07) is 5.16. The molecule has 0 heterocycles. The molecule has 1 aromatic carbocycles. The van der Waals surface area contributed by atoms with Crippen molar-refractivity contribution in [2.24, 2.45) is 11.8 Å². The monoisotopic (exact) mass is 418 g/mol. The standard InChI is InChI=1S/C14H16Br2N2O3/c15-9-4-5-11(16)12(6-9)18-14(21)17-7-8-2-1-3-10(8)13(19)20/h4-6,8,10H,1-3,7H2,(H,19,20)(H2,17,18,21). The van der Waals surface area contributed by atoms with Gasteiger partial charge in [0, 0.05) is 15.5 Å². The van der Waals surface area contributed by atoms with E-state index in [1.807, 2.05) is 12.1 Å². The van der Waals surface area contributed by atoms with Gasteiger partial charge in [-0.1, -0.05) is 22.4 Å². The smallest absolute Gasteiger partial charge is 0.319 e. The van der Waals surface area contributed by atoms with Gasteiger partial charge in [-0.05, 0) is 52.9 Å². The molecular weight excluding hydrogens is 404 g/mol. The van der Waals surface area contributed by atoms with E-state index in [1.165, 1.54) is 0 Å². The Morgan fingerprint density at radius 1 is 1.29 bits per heavy atom. The Morgan fingerprint density at radius 3 is 2.76 bits per heavy atom. The molecule has 2 unspecified atom stereocenters. The Balaban J connectivity index is 1.87. The van der Waals surface area contributed by atoms with Crippen molar-refractivity contribution in [3.05, 3.63) is 27.1 Å². The Hall–Kier alpha value is -1.08. The van der Waals surface area contributed by atoms with Crippen LogP contribution in [0.4, 0.5) is 10.5 Å². The average Bonchev–Trinajstić information content (AvgIpc) is 2.89. The number of benzene rings is 1. The molecule has 0 bridgehead atoms. The SMILES string of the molecule is O=C(NCC1CCCC1C(=O)O)Nc1cc(Br)ccc1Br. The molecule has 2 atom stereocenters. The van der Waals surface area contributed by atoms with E-state index in [4.69, 9.17) is 5.11 Å². The molecule has 1 saturated carbocycles. The van der Waals surface area contributed by atoms with Gasteiger partial charge >= 0.3 is 12.0 Å². The quantitative estimate of drug-likeness (QED) is 0.693. The van der Waals surface area contributed by atoms with Crippen LogP contribution < -0.4 is 10.6 Å². The normalized spacial score (nSPS) is 21.0. The third kappa shape index (κ3) is 4.44. The summed E-state index contributed by atoms with van der Waals surface area (Å²) in [7, 11) is 0. The van der Waals surface area contributed by atoms with Crippen molar-refractivity contribution >= 4 is 49.5 Å². The van der Waals surface area contributed by atoms with E-state index in [0.29, 0.717) is 18.7 Å². The Labute approximate surface area is 139 Å². The first-order chi connectivity index (χ1) is 9.97. The van der Waals surface area contributed by atoms with Crippen molar-refractivity contribution in [3.8, 4) is 0 Å². The van der Waals surface area contributed by atoms with E-state index in [1.54, 1.807) is 6.07 Å². The van der Waals surface area contributed by atoms with Crippen molar-refractivity contribution in [1.29, 1.82) is 0 Å². The fraction of sp³-hybridized carbons (Fsp3) is 0.429. The van der Waals surface area contributed by atoms with Crippen LogP contribution in [0.2, 0.25) is 0 Å². The second-order valence-corrected chi connectivity index (χ2v) is 6.86. The van der Waals surface area contributed by atoms with Gasteiger partial charge in [-0.15, -0.1) is 0 Å². The maximum absolute atomic E-state index is 11.9. The summed E-state index contributed by atoms with van der Waals surface area (Å²) in [5.74, 6) is -1.10. The minimum atomic E-state index is -0.769. The third-order valence-electron chi connectivity index (χ3n) is 3.68. The number of carboxylic acids is 1. The van der Waals surface area contributed by atoms with Crippen LogP contribution in [-0.4, -0.2) is 23.7 Å². The third-order valence-corrected chi connectivity index (χ3v) is 4.86. The van der Waals surface area contributed by atoms with Gasteiger partial charge < -0.3 is 15.7 Å². The highest BCUT2D eigenvalue weighted by atomic mass is 79.9. The lowest BCUT2D eigenvalue weighted by atomic mass is 9.96. The van der Waals surface area contributed by atoms with Gasteiger partial charge in [0.2, 0.25) is 0 Å². The average molecular weight is 420 g/mol. The number of nitrogens with one attached hydrogen (secondary N) is 2. The van der Waals surface area contributed by atoms with E-state index >= 15 is 0 Å². The summed E-state index contributed by atoms with van der Waals surface area (Å²) >= 11 is 6.71. The number of carbonyl (C=O) groups is 2. The zero-order chi connectivity index (χ0) is 15.4. The molecule has 5 nitrogen and oxygen atoms in total. The fourth-order valence-electron chi connectivity index (χ4n) is 2.59. The summed E-state index contributed by atoms with van der Waals surface area (Å²) in [5, 5.41) is 14.6. The summed E-state index contributed by atoms with van der Waals surface area (Å²) in [4.78, 5) is 23.0. The number of rotatable bonds is 4. The second-order valence-electron chi connectivity index (χ2n) is 5.09. The summed E-state index contributed by atoms with van der Waals surface area (Å²) in [6.07, 6.45) is 2.44. The number of carbonyl (C=O) groups excluding carboxylic acids is 1. The predicted octanol–water partition coefficient (Wildman–Crippen LogP) is 3.83. The van der Waals surface area contributed by atoms with E-state index in [-0.39, 0.29) is 17.9 Å². The zero-order valence-electron chi connectivity index (χ0n) is 11.2. The van der Waals surface area contributed by atoms with Crippen LogP contribution in [0.1, 0.15) is 19.3 Å². The molecule has 2 rings (SSSR count). The van der Waals surface area contributed by atoms with Crippen molar-refractivity contribution in [2.75, 3.05) is 11.9 Å². The molecular formula is C14H16Br2N2O3. The van der Waals surface area contributed by atoms with Gasteiger partial charge in [-0.25, -0.2) is 4.79 Å². The Bertz CT molecular complexity index is 551. The summed E-state index contributed by atoms with van der Waals surface area (Å²) in [5.41, 5.74) is 0.656. The topological polar surface area (TPSA) is 78.4 Å².